The molecule has 1 unspecified atom stereocenters. The predicted octanol–water partition coefficient (Wildman–Crippen LogP) is 4.44. The molecule has 4 rings (SSSR count). The van der Waals surface area contributed by atoms with Gasteiger partial charge in [0, 0.05) is 19.2 Å². The van der Waals surface area contributed by atoms with Crippen LogP contribution in [0.5, 0.6) is 0 Å². The minimum Gasteiger partial charge on any atom is -0.376 e. The maximum Gasteiger partial charge on any atom is 0.258 e. The number of amides is 1. The zero-order chi connectivity index (χ0) is 23.4. The van der Waals surface area contributed by atoms with Gasteiger partial charge in [-0.05, 0) is 47.6 Å². The molecule has 0 aliphatic carbocycles. The predicted molar refractivity (Wildman–Crippen MR) is 131 cm³/mol. The summed E-state index contributed by atoms with van der Waals surface area (Å²) in [6, 6.07) is 15.5. The molecule has 2 heterocycles. The molecule has 1 aliphatic heterocycles. The lowest BCUT2D eigenvalue weighted by Crippen LogP contribution is -2.36. The van der Waals surface area contributed by atoms with Gasteiger partial charge in [-0.15, -0.1) is 0 Å². The summed E-state index contributed by atoms with van der Waals surface area (Å²) in [4.78, 5) is 34.7. The van der Waals surface area contributed by atoms with Crippen LogP contribution in [0.4, 0.5) is 0 Å². The molecule has 1 aromatic heterocycles. The molecular formula is C27H31N3O3. The first-order valence-electron chi connectivity index (χ1n) is 11.5. The molecule has 33 heavy (non-hydrogen) atoms. The Labute approximate surface area is 194 Å². The third kappa shape index (κ3) is 5.76. The Morgan fingerprint density at radius 1 is 1.18 bits per heavy atom. The Hall–Kier alpha value is -3.25. The molecule has 6 nitrogen and oxygen atoms in total. The van der Waals surface area contributed by atoms with Gasteiger partial charge >= 0.3 is 0 Å². The van der Waals surface area contributed by atoms with Crippen molar-refractivity contribution in [1.29, 1.82) is 0 Å². The normalized spacial score (nSPS) is 16.5. The highest BCUT2D eigenvalue weighted by Gasteiger charge is 2.22. The minimum atomic E-state index is -0.199. The van der Waals surface area contributed by atoms with E-state index in [2.05, 4.69) is 42.9 Å². The maximum absolute atomic E-state index is 13.1. The smallest absolute Gasteiger partial charge is 0.258 e. The number of hydrogen-bond donors (Lipinski definition) is 1. The van der Waals surface area contributed by atoms with Gasteiger partial charge in [-0.1, -0.05) is 57.2 Å². The highest BCUT2D eigenvalue weighted by molar-refractivity contribution is 5.91. The first-order chi connectivity index (χ1) is 15.8. The van der Waals surface area contributed by atoms with E-state index in [1.165, 1.54) is 5.56 Å². The largest absolute Gasteiger partial charge is 0.376 e. The van der Waals surface area contributed by atoms with Crippen LogP contribution in [0.1, 0.15) is 50.6 Å². The quantitative estimate of drug-likeness (QED) is 0.569. The second-order valence-corrected chi connectivity index (χ2v) is 9.59. The molecule has 2 aromatic carbocycles. The van der Waals surface area contributed by atoms with Crippen LogP contribution in [0.2, 0.25) is 0 Å². The molecule has 172 valence electrons. The Kier molecular flexibility index (Phi) is 6.75. The van der Waals surface area contributed by atoms with Crippen LogP contribution in [0.15, 0.2) is 59.4 Å². The molecule has 6 heteroatoms. The summed E-state index contributed by atoms with van der Waals surface area (Å²) < 4.78 is 5.76. The van der Waals surface area contributed by atoms with Crippen LogP contribution in [0, 0.1) is 0 Å². The van der Waals surface area contributed by atoms with Crippen molar-refractivity contribution < 1.29 is 9.53 Å². The first-order valence-corrected chi connectivity index (χ1v) is 11.5. The number of H-pyrrole nitrogens is 1. The fourth-order valence-corrected chi connectivity index (χ4v) is 4.02. The topological polar surface area (TPSA) is 75.3 Å². The molecular weight excluding hydrogens is 414 g/mol. The number of carbonyl (C=O) groups is 1. The summed E-state index contributed by atoms with van der Waals surface area (Å²) in [5.74, 6) is 0.328. The number of benzene rings is 2. The highest BCUT2D eigenvalue weighted by Crippen LogP contribution is 2.22. The van der Waals surface area contributed by atoms with Crippen molar-refractivity contribution in [3.63, 3.8) is 0 Å². The van der Waals surface area contributed by atoms with Crippen LogP contribution < -0.4 is 5.56 Å². The van der Waals surface area contributed by atoms with Crippen LogP contribution in [-0.4, -0.2) is 40.0 Å². The minimum absolute atomic E-state index is 0.000553. The number of nitrogens with zero attached hydrogens (tertiary/aromatic N) is 2. The van der Waals surface area contributed by atoms with Crippen molar-refractivity contribution in [2.45, 2.75) is 51.7 Å². The number of nitrogens with one attached hydrogen (secondary N) is 1. The second-order valence-electron chi connectivity index (χ2n) is 9.59. The van der Waals surface area contributed by atoms with Crippen molar-refractivity contribution in [1.82, 2.24) is 14.9 Å². The van der Waals surface area contributed by atoms with Crippen LogP contribution >= 0.6 is 0 Å². The Morgan fingerprint density at radius 3 is 2.64 bits per heavy atom. The van der Waals surface area contributed by atoms with Crippen LogP contribution in [0.25, 0.3) is 17.0 Å². The Bertz CT molecular complexity index is 1200. The summed E-state index contributed by atoms with van der Waals surface area (Å²) in [6.07, 6.45) is 5.33. The number of aromatic nitrogens is 2. The average molecular weight is 446 g/mol. The Morgan fingerprint density at radius 2 is 1.94 bits per heavy atom. The zero-order valence-electron chi connectivity index (χ0n) is 19.5. The monoisotopic (exact) mass is 445 g/mol. The number of para-hydroxylation sites is 1. The number of hydrogen-bond acceptors (Lipinski definition) is 4. The fourth-order valence-electron chi connectivity index (χ4n) is 4.02. The second kappa shape index (κ2) is 9.71. The molecule has 1 fully saturated rings. The molecule has 3 aromatic rings. The summed E-state index contributed by atoms with van der Waals surface area (Å²) in [6.45, 7) is 7.92. The van der Waals surface area contributed by atoms with E-state index in [9.17, 15) is 9.59 Å². The zero-order valence-corrected chi connectivity index (χ0v) is 19.5. The van der Waals surface area contributed by atoms with Crippen molar-refractivity contribution in [2.75, 3.05) is 13.2 Å². The van der Waals surface area contributed by atoms with Gasteiger partial charge in [-0.3, -0.25) is 9.59 Å². The van der Waals surface area contributed by atoms with Gasteiger partial charge in [0.25, 0.3) is 5.56 Å². The fraction of sp³-hybridized carbons (Fsp3) is 0.370. The SMILES string of the molecule is CC(C)(C)c1ccc(C=CC(=O)N(Cc2nc3ccccc3c(=O)[nH]2)CC2CCCO2)cc1. The van der Waals surface area contributed by atoms with E-state index < -0.39 is 0 Å². The first kappa shape index (κ1) is 22.9. The number of carbonyl (C=O) groups excluding carboxylic acids is 1. The van der Waals surface area contributed by atoms with Crippen LogP contribution in [-0.2, 0) is 21.5 Å². The third-order valence-electron chi connectivity index (χ3n) is 5.96. The van der Waals surface area contributed by atoms with E-state index in [4.69, 9.17) is 4.74 Å². The summed E-state index contributed by atoms with van der Waals surface area (Å²) in [7, 11) is 0. The van der Waals surface area contributed by atoms with E-state index >= 15 is 0 Å². The number of aromatic amines is 1. The van der Waals surface area contributed by atoms with Gasteiger partial charge in [0.15, 0.2) is 0 Å². The Balaban J connectivity index is 1.54. The highest BCUT2D eigenvalue weighted by atomic mass is 16.5. The molecule has 1 N–H and O–H groups in total. The van der Waals surface area contributed by atoms with Crippen molar-refractivity contribution >= 4 is 22.9 Å². The standard InChI is InChI=1S/C27H31N3O3/c1-27(2,3)20-13-10-19(11-14-20)12-15-25(31)30(17-21-7-6-16-33-21)18-24-28-23-9-5-4-8-22(23)26(32)29-24/h4-5,8-15,21H,6-7,16-18H2,1-3H3,(H,28,29,32). The van der Waals surface area contributed by atoms with Crippen LogP contribution in [0.3, 0.4) is 0 Å². The summed E-state index contributed by atoms with van der Waals surface area (Å²) in [5.41, 5.74) is 2.72. The van der Waals surface area contributed by atoms with E-state index in [0.717, 1.165) is 18.4 Å². The van der Waals surface area contributed by atoms with E-state index in [0.29, 0.717) is 29.9 Å². The molecule has 1 amide bonds. The average Bonchev–Trinajstić information content (AvgIpc) is 3.30. The maximum atomic E-state index is 13.1. The molecule has 1 atom stereocenters. The number of rotatable bonds is 6. The van der Waals surface area contributed by atoms with E-state index in [-0.39, 0.29) is 29.5 Å². The van der Waals surface area contributed by atoms with Gasteiger partial charge in [0.05, 0.1) is 23.6 Å². The van der Waals surface area contributed by atoms with Crippen molar-refractivity contribution in [3.05, 3.63) is 81.9 Å². The van der Waals surface area contributed by atoms with Gasteiger partial charge in [0.2, 0.25) is 5.91 Å². The number of fused-ring (bicyclic) bond motifs is 1. The molecule has 0 spiro atoms. The van der Waals surface area contributed by atoms with Crippen molar-refractivity contribution in [2.24, 2.45) is 0 Å². The lowest BCUT2D eigenvalue weighted by Gasteiger charge is -2.24. The lowest BCUT2D eigenvalue weighted by molar-refractivity contribution is -0.128. The van der Waals surface area contributed by atoms with E-state index in [1.54, 1.807) is 17.0 Å². The molecule has 0 radical (unpaired) electrons. The lowest BCUT2D eigenvalue weighted by atomic mass is 9.87. The van der Waals surface area contributed by atoms with Crippen molar-refractivity contribution in [3.8, 4) is 0 Å². The summed E-state index contributed by atoms with van der Waals surface area (Å²) >= 11 is 0. The van der Waals surface area contributed by atoms with Gasteiger partial charge in [0.1, 0.15) is 5.82 Å². The third-order valence-corrected chi connectivity index (χ3v) is 5.96. The summed E-state index contributed by atoms with van der Waals surface area (Å²) in [5, 5.41) is 0.539. The molecule has 1 aliphatic rings. The van der Waals surface area contributed by atoms with Gasteiger partial charge in [-0.25, -0.2) is 4.98 Å². The number of ether oxygens (including phenoxy) is 1. The van der Waals surface area contributed by atoms with E-state index in [1.807, 2.05) is 36.4 Å². The molecule has 0 saturated carbocycles. The van der Waals surface area contributed by atoms with Gasteiger partial charge < -0.3 is 14.6 Å². The molecule has 1 saturated heterocycles. The molecule has 0 bridgehead atoms. The van der Waals surface area contributed by atoms with Gasteiger partial charge in [-0.2, -0.15) is 0 Å².